The third-order valence-electron chi connectivity index (χ3n) is 3.88. The minimum atomic E-state index is -0.351. The Morgan fingerprint density at radius 2 is 2.24 bits per heavy atom. The van der Waals surface area contributed by atoms with Gasteiger partial charge in [-0.3, -0.25) is 15.0 Å². The van der Waals surface area contributed by atoms with Gasteiger partial charge in [0.2, 0.25) is 0 Å². The Bertz CT molecular complexity index is 497. The van der Waals surface area contributed by atoms with Crippen molar-refractivity contribution in [3.8, 4) is 0 Å². The van der Waals surface area contributed by atoms with Gasteiger partial charge in [0.15, 0.2) is 0 Å². The molecule has 1 heterocycles. The van der Waals surface area contributed by atoms with Crippen LogP contribution in [-0.4, -0.2) is 28.5 Å². The number of rotatable bonds is 4. The maximum absolute atomic E-state index is 11.1. The van der Waals surface area contributed by atoms with Crippen LogP contribution in [0.1, 0.15) is 31.7 Å². The lowest BCUT2D eigenvalue weighted by molar-refractivity contribution is -0.385. The summed E-state index contributed by atoms with van der Waals surface area (Å²) in [5, 5.41) is 11.6. The number of piperidine rings is 1. The number of likely N-dealkylation sites (tertiary alicyclic amines) is 1. The summed E-state index contributed by atoms with van der Waals surface area (Å²) in [7, 11) is 0. The maximum atomic E-state index is 11.1. The molecule has 118 valence electrons. The van der Waals surface area contributed by atoms with Crippen molar-refractivity contribution in [1.82, 2.24) is 4.90 Å². The highest BCUT2D eigenvalue weighted by Gasteiger charge is 2.27. The minimum absolute atomic E-state index is 0. The van der Waals surface area contributed by atoms with E-state index in [1.165, 1.54) is 12.5 Å². The molecule has 2 rings (SSSR count). The second-order valence-corrected chi connectivity index (χ2v) is 5.86. The fourth-order valence-electron chi connectivity index (χ4n) is 2.89. The Balaban J connectivity index is 0.00000220. The Kier molecular flexibility index (Phi) is 6.87. The molecule has 0 amide bonds. The largest absolute Gasteiger partial charge is 0.327 e. The van der Waals surface area contributed by atoms with Crippen molar-refractivity contribution in [3.63, 3.8) is 0 Å². The van der Waals surface area contributed by atoms with Crippen molar-refractivity contribution < 1.29 is 4.92 Å². The van der Waals surface area contributed by atoms with Gasteiger partial charge in [-0.05, 0) is 38.4 Å². The number of halogens is 2. The normalized spacial score (nSPS) is 20.6. The average molecular weight is 334 g/mol. The molecule has 0 aliphatic carbocycles. The molecule has 21 heavy (non-hydrogen) atoms. The van der Waals surface area contributed by atoms with E-state index < -0.39 is 0 Å². The molecule has 1 aliphatic rings. The number of hydrogen-bond acceptors (Lipinski definition) is 4. The summed E-state index contributed by atoms with van der Waals surface area (Å²) in [6.45, 7) is 3.45. The molecule has 0 bridgehead atoms. The molecule has 1 aromatic rings. The van der Waals surface area contributed by atoms with Crippen LogP contribution in [0.15, 0.2) is 18.2 Å². The highest BCUT2D eigenvalue weighted by molar-refractivity contribution is 6.30. The number of nitro groups is 1. The van der Waals surface area contributed by atoms with Crippen molar-refractivity contribution in [2.75, 3.05) is 6.54 Å². The zero-order valence-electron chi connectivity index (χ0n) is 12.0. The Hall–Kier alpha value is -0.880. The van der Waals surface area contributed by atoms with Gasteiger partial charge in [-0.2, -0.15) is 0 Å². The monoisotopic (exact) mass is 333 g/mol. The molecule has 5 nitrogen and oxygen atoms in total. The first-order chi connectivity index (χ1) is 9.49. The van der Waals surface area contributed by atoms with Crippen LogP contribution in [0.4, 0.5) is 5.69 Å². The smallest absolute Gasteiger partial charge is 0.273 e. The Morgan fingerprint density at radius 1 is 1.52 bits per heavy atom. The fourth-order valence-corrected chi connectivity index (χ4v) is 3.08. The molecule has 2 atom stereocenters. The van der Waals surface area contributed by atoms with Crippen LogP contribution in [0.25, 0.3) is 0 Å². The fraction of sp³-hybridized carbons (Fsp3) is 0.571. The molecule has 0 radical (unpaired) electrons. The summed E-state index contributed by atoms with van der Waals surface area (Å²) in [5.41, 5.74) is 6.83. The van der Waals surface area contributed by atoms with E-state index in [9.17, 15) is 10.1 Å². The van der Waals surface area contributed by atoms with E-state index in [4.69, 9.17) is 17.3 Å². The number of hydrogen-bond donors (Lipinski definition) is 1. The maximum Gasteiger partial charge on any atom is 0.273 e. The first kappa shape index (κ1) is 18.2. The molecule has 1 saturated heterocycles. The van der Waals surface area contributed by atoms with Crippen LogP contribution >= 0.6 is 24.0 Å². The van der Waals surface area contributed by atoms with Crippen molar-refractivity contribution in [2.45, 2.75) is 44.8 Å². The van der Waals surface area contributed by atoms with E-state index >= 15 is 0 Å². The van der Waals surface area contributed by atoms with Crippen LogP contribution in [0, 0.1) is 10.1 Å². The van der Waals surface area contributed by atoms with Gasteiger partial charge in [-0.25, -0.2) is 0 Å². The average Bonchev–Trinajstić information content (AvgIpc) is 2.38. The molecule has 1 aliphatic heterocycles. The van der Waals surface area contributed by atoms with Crippen LogP contribution < -0.4 is 5.73 Å². The van der Waals surface area contributed by atoms with Gasteiger partial charge in [0.05, 0.1) is 4.92 Å². The number of nitro benzene ring substituents is 1. The summed E-state index contributed by atoms with van der Waals surface area (Å²) in [6, 6.07) is 5.06. The SMILES string of the molecule is CC(N)C1CCCCN1Cc1cc(Cl)ccc1[N+](=O)[O-].Cl. The third kappa shape index (κ3) is 4.54. The molecule has 2 N–H and O–H groups in total. The van der Waals surface area contributed by atoms with Gasteiger partial charge in [-0.15, -0.1) is 12.4 Å². The predicted molar refractivity (Wildman–Crippen MR) is 87.1 cm³/mol. The summed E-state index contributed by atoms with van der Waals surface area (Å²) in [6.07, 6.45) is 3.32. The standard InChI is InChI=1S/C14H20ClN3O2.ClH/c1-10(16)13-4-2-3-7-17(13)9-11-8-12(15)5-6-14(11)18(19)20;/h5-6,8,10,13H,2-4,7,9,16H2,1H3;1H. The molecule has 0 spiro atoms. The van der Waals surface area contributed by atoms with E-state index in [1.54, 1.807) is 12.1 Å². The second kappa shape index (κ2) is 7.94. The first-order valence-corrected chi connectivity index (χ1v) is 7.29. The number of benzene rings is 1. The van der Waals surface area contributed by atoms with Crippen LogP contribution in [0.2, 0.25) is 5.02 Å². The van der Waals surface area contributed by atoms with E-state index in [-0.39, 0.29) is 35.1 Å². The Labute approximate surface area is 136 Å². The van der Waals surface area contributed by atoms with E-state index in [0.717, 1.165) is 19.4 Å². The van der Waals surface area contributed by atoms with Crippen LogP contribution in [0.3, 0.4) is 0 Å². The zero-order valence-corrected chi connectivity index (χ0v) is 13.6. The summed E-state index contributed by atoms with van der Waals surface area (Å²) in [4.78, 5) is 13.0. The molecule has 2 unspecified atom stereocenters. The first-order valence-electron chi connectivity index (χ1n) is 6.91. The van der Waals surface area contributed by atoms with Gasteiger partial charge in [-0.1, -0.05) is 18.0 Å². The van der Waals surface area contributed by atoms with Gasteiger partial charge in [0.1, 0.15) is 0 Å². The topological polar surface area (TPSA) is 72.4 Å². The van der Waals surface area contributed by atoms with Crippen molar-refractivity contribution in [3.05, 3.63) is 38.9 Å². The van der Waals surface area contributed by atoms with Crippen molar-refractivity contribution in [2.24, 2.45) is 5.73 Å². The highest BCUT2D eigenvalue weighted by Crippen LogP contribution is 2.27. The van der Waals surface area contributed by atoms with Crippen LogP contribution in [-0.2, 0) is 6.54 Å². The molecule has 7 heteroatoms. The molecular weight excluding hydrogens is 313 g/mol. The van der Waals surface area contributed by atoms with Gasteiger partial charge in [0.25, 0.3) is 5.69 Å². The quantitative estimate of drug-likeness (QED) is 0.677. The molecular formula is C14H21Cl2N3O2. The van der Waals surface area contributed by atoms with E-state index in [2.05, 4.69) is 4.90 Å². The molecule has 1 aromatic carbocycles. The highest BCUT2D eigenvalue weighted by atomic mass is 35.5. The minimum Gasteiger partial charge on any atom is -0.327 e. The molecule has 0 aromatic heterocycles. The van der Waals surface area contributed by atoms with Crippen LogP contribution in [0.5, 0.6) is 0 Å². The Morgan fingerprint density at radius 3 is 2.86 bits per heavy atom. The lowest BCUT2D eigenvalue weighted by Crippen LogP contribution is -2.48. The number of nitrogens with zero attached hydrogens (tertiary/aromatic N) is 2. The lowest BCUT2D eigenvalue weighted by Gasteiger charge is -2.38. The van der Waals surface area contributed by atoms with Crippen molar-refractivity contribution in [1.29, 1.82) is 0 Å². The van der Waals surface area contributed by atoms with Gasteiger partial charge in [0, 0.05) is 35.3 Å². The zero-order chi connectivity index (χ0) is 14.7. The lowest BCUT2D eigenvalue weighted by atomic mass is 9.96. The second-order valence-electron chi connectivity index (χ2n) is 5.42. The molecule has 1 fully saturated rings. The summed E-state index contributed by atoms with van der Waals surface area (Å²) < 4.78 is 0. The van der Waals surface area contributed by atoms with Gasteiger partial charge >= 0.3 is 0 Å². The van der Waals surface area contributed by atoms with Gasteiger partial charge < -0.3 is 5.73 Å². The number of nitrogens with two attached hydrogens (primary N) is 1. The third-order valence-corrected chi connectivity index (χ3v) is 4.12. The molecule has 0 saturated carbocycles. The summed E-state index contributed by atoms with van der Waals surface area (Å²) >= 11 is 5.97. The van der Waals surface area contributed by atoms with Crippen molar-refractivity contribution >= 4 is 29.7 Å². The van der Waals surface area contributed by atoms with E-state index in [1.807, 2.05) is 6.92 Å². The van der Waals surface area contributed by atoms with E-state index in [0.29, 0.717) is 17.1 Å². The predicted octanol–water partition coefficient (Wildman–Crippen LogP) is 3.37. The summed E-state index contributed by atoms with van der Waals surface area (Å²) in [5.74, 6) is 0.